The Morgan fingerprint density at radius 3 is 2.44 bits per heavy atom. The Balaban J connectivity index is 2.54. The molecule has 1 aromatic carbocycles. The minimum Gasteiger partial charge on any atom is -0.477 e. The van der Waals surface area contributed by atoms with E-state index >= 15 is 0 Å². The Labute approximate surface area is 105 Å². The number of carboxylic acids is 1. The van der Waals surface area contributed by atoms with Gasteiger partial charge in [-0.2, -0.15) is 0 Å². The average molecular weight is 243 g/mol. The van der Waals surface area contributed by atoms with Crippen molar-refractivity contribution in [2.24, 2.45) is 0 Å². The van der Waals surface area contributed by atoms with Crippen molar-refractivity contribution in [3.63, 3.8) is 0 Å². The molecule has 1 heterocycles. The van der Waals surface area contributed by atoms with Gasteiger partial charge in [-0.15, -0.1) is 0 Å². The molecular formula is C13H13N3O2. The highest BCUT2D eigenvalue weighted by molar-refractivity contribution is 5.93. The predicted molar refractivity (Wildman–Crippen MR) is 68.8 cm³/mol. The maximum atomic E-state index is 11.1. The zero-order chi connectivity index (χ0) is 13.1. The number of hydrogen-bond acceptors (Lipinski definition) is 4. The number of carbonyl (C=O) groups is 1. The van der Waals surface area contributed by atoms with Gasteiger partial charge in [-0.1, -0.05) is 30.3 Å². The van der Waals surface area contributed by atoms with Gasteiger partial charge in [0.1, 0.15) is 11.4 Å². The fourth-order valence-corrected chi connectivity index (χ4v) is 1.59. The number of rotatable bonds is 3. The van der Waals surface area contributed by atoms with Crippen LogP contribution >= 0.6 is 0 Å². The number of benzene rings is 1. The molecular weight excluding hydrogens is 230 g/mol. The maximum Gasteiger partial charge on any atom is 0.341 e. The summed E-state index contributed by atoms with van der Waals surface area (Å²) in [6.07, 6.45) is 1.34. The molecule has 0 aliphatic heterocycles. The smallest absolute Gasteiger partial charge is 0.341 e. The Morgan fingerprint density at radius 2 is 1.89 bits per heavy atom. The van der Waals surface area contributed by atoms with Gasteiger partial charge in [0, 0.05) is 25.9 Å². The van der Waals surface area contributed by atoms with Gasteiger partial charge in [0.2, 0.25) is 0 Å². The van der Waals surface area contributed by atoms with Gasteiger partial charge in [0.15, 0.2) is 5.82 Å². The first-order valence-corrected chi connectivity index (χ1v) is 5.42. The van der Waals surface area contributed by atoms with E-state index in [-0.39, 0.29) is 5.56 Å². The van der Waals surface area contributed by atoms with E-state index < -0.39 is 5.97 Å². The lowest BCUT2D eigenvalue weighted by atomic mass is 10.2. The van der Waals surface area contributed by atoms with Gasteiger partial charge >= 0.3 is 5.97 Å². The molecule has 0 aliphatic rings. The zero-order valence-electron chi connectivity index (χ0n) is 10.2. The highest BCUT2D eigenvalue weighted by Crippen LogP contribution is 2.20. The lowest BCUT2D eigenvalue weighted by Gasteiger charge is -2.14. The molecule has 0 saturated heterocycles. The number of nitrogens with zero attached hydrogens (tertiary/aromatic N) is 3. The lowest BCUT2D eigenvalue weighted by molar-refractivity contribution is 0.0697. The van der Waals surface area contributed by atoms with Crippen molar-refractivity contribution in [1.29, 1.82) is 0 Å². The van der Waals surface area contributed by atoms with E-state index in [4.69, 9.17) is 5.11 Å². The van der Waals surface area contributed by atoms with Crippen LogP contribution in [0.5, 0.6) is 0 Å². The topological polar surface area (TPSA) is 66.3 Å². The molecule has 0 saturated carbocycles. The fourth-order valence-electron chi connectivity index (χ4n) is 1.59. The Bertz CT molecular complexity index is 568. The normalized spacial score (nSPS) is 10.1. The molecule has 0 radical (unpaired) electrons. The zero-order valence-corrected chi connectivity index (χ0v) is 10.2. The van der Waals surface area contributed by atoms with Crippen molar-refractivity contribution in [3.8, 4) is 11.4 Å². The van der Waals surface area contributed by atoms with Crippen molar-refractivity contribution in [2.75, 3.05) is 19.0 Å². The second-order valence-electron chi connectivity index (χ2n) is 4.00. The van der Waals surface area contributed by atoms with Crippen LogP contribution < -0.4 is 4.90 Å². The standard InChI is InChI=1S/C13H13N3O2/c1-16(2)12-10(13(17)18)8-14-11(15-12)9-6-4-3-5-7-9/h3-8H,1-2H3,(H,17,18). The first-order valence-electron chi connectivity index (χ1n) is 5.42. The molecule has 0 bridgehead atoms. The first kappa shape index (κ1) is 12.0. The number of aromatic nitrogens is 2. The summed E-state index contributed by atoms with van der Waals surface area (Å²) >= 11 is 0. The minimum absolute atomic E-state index is 0.0969. The summed E-state index contributed by atoms with van der Waals surface area (Å²) in [6.45, 7) is 0. The Morgan fingerprint density at radius 1 is 1.22 bits per heavy atom. The predicted octanol–water partition coefficient (Wildman–Crippen LogP) is 1.91. The molecule has 0 amide bonds. The molecule has 0 spiro atoms. The second kappa shape index (κ2) is 4.83. The van der Waals surface area contributed by atoms with Gasteiger partial charge in [-0.25, -0.2) is 14.8 Å². The number of carboxylic acid groups (broad SMARTS) is 1. The SMILES string of the molecule is CN(C)c1nc(-c2ccccc2)ncc1C(=O)O. The van der Waals surface area contributed by atoms with E-state index in [9.17, 15) is 4.79 Å². The molecule has 1 N–H and O–H groups in total. The Kier molecular flexibility index (Phi) is 3.23. The van der Waals surface area contributed by atoms with Gasteiger partial charge in [0.25, 0.3) is 0 Å². The van der Waals surface area contributed by atoms with E-state index in [0.717, 1.165) is 5.56 Å². The number of hydrogen-bond donors (Lipinski definition) is 1. The summed E-state index contributed by atoms with van der Waals surface area (Å²) in [5, 5.41) is 9.07. The average Bonchev–Trinajstić information content (AvgIpc) is 2.39. The molecule has 18 heavy (non-hydrogen) atoms. The van der Waals surface area contributed by atoms with Gasteiger partial charge < -0.3 is 10.0 Å². The van der Waals surface area contributed by atoms with Crippen LogP contribution in [0.1, 0.15) is 10.4 Å². The summed E-state index contributed by atoms with van der Waals surface area (Å²) in [6, 6.07) is 9.45. The van der Waals surface area contributed by atoms with E-state index in [0.29, 0.717) is 11.6 Å². The molecule has 0 fully saturated rings. The third-order valence-electron chi connectivity index (χ3n) is 2.45. The largest absolute Gasteiger partial charge is 0.477 e. The fraction of sp³-hybridized carbons (Fsp3) is 0.154. The number of anilines is 1. The maximum absolute atomic E-state index is 11.1. The summed E-state index contributed by atoms with van der Waals surface area (Å²) in [5.74, 6) is -0.112. The highest BCUT2D eigenvalue weighted by Gasteiger charge is 2.15. The van der Waals surface area contributed by atoms with Crippen molar-refractivity contribution < 1.29 is 9.90 Å². The van der Waals surface area contributed by atoms with E-state index in [2.05, 4.69) is 9.97 Å². The van der Waals surface area contributed by atoms with Crippen molar-refractivity contribution >= 4 is 11.8 Å². The molecule has 92 valence electrons. The summed E-state index contributed by atoms with van der Waals surface area (Å²) in [4.78, 5) is 21.1. The van der Waals surface area contributed by atoms with Crippen LogP contribution in [-0.2, 0) is 0 Å². The molecule has 0 atom stereocenters. The first-order chi connectivity index (χ1) is 8.59. The van der Waals surface area contributed by atoms with Gasteiger partial charge in [-0.3, -0.25) is 0 Å². The van der Waals surface area contributed by atoms with Crippen LogP contribution in [0.15, 0.2) is 36.5 Å². The monoisotopic (exact) mass is 243 g/mol. The van der Waals surface area contributed by atoms with Crippen molar-refractivity contribution in [3.05, 3.63) is 42.1 Å². The van der Waals surface area contributed by atoms with Crippen LogP contribution in [0.4, 0.5) is 5.82 Å². The summed E-state index contributed by atoms with van der Waals surface area (Å²) in [7, 11) is 3.51. The Hall–Kier alpha value is -2.43. The minimum atomic E-state index is -1.03. The second-order valence-corrected chi connectivity index (χ2v) is 4.00. The molecule has 1 aromatic heterocycles. The highest BCUT2D eigenvalue weighted by atomic mass is 16.4. The van der Waals surface area contributed by atoms with Crippen molar-refractivity contribution in [2.45, 2.75) is 0 Å². The van der Waals surface area contributed by atoms with Crippen LogP contribution in [0.25, 0.3) is 11.4 Å². The van der Waals surface area contributed by atoms with Crippen molar-refractivity contribution in [1.82, 2.24) is 9.97 Å². The van der Waals surface area contributed by atoms with Gasteiger partial charge in [-0.05, 0) is 0 Å². The third-order valence-corrected chi connectivity index (χ3v) is 2.45. The summed E-state index contributed by atoms with van der Waals surface area (Å²) < 4.78 is 0. The van der Waals surface area contributed by atoms with E-state index in [1.54, 1.807) is 19.0 Å². The number of aromatic carboxylic acids is 1. The van der Waals surface area contributed by atoms with Crippen LogP contribution in [0.2, 0.25) is 0 Å². The van der Waals surface area contributed by atoms with E-state index in [1.165, 1.54) is 6.20 Å². The van der Waals surface area contributed by atoms with Crippen LogP contribution in [0.3, 0.4) is 0 Å². The quantitative estimate of drug-likeness (QED) is 0.891. The molecule has 0 aliphatic carbocycles. The van der Waals surface area contributed by atoms with E-state index in [1.807, 2.05) is 30.3 Å². The third kappa shape index (κ3) is 2.29. The molecule has 2 aromatic rings. The van der Waals surface area contributed by atoms with Gasteiger partial charge in [0.05, 0.1) is 0 Å². The summed E-state index contributed by atoms with van der Waals surface area (Å²) in [5.41, 5.74) is 0.956. The van der Waals surface area contributed by atoms with Crippen LogP contribution in [-0.4, -0.2) is 35.1 Å². The van der Waals surface area contributed by atoms with Crippen LogP contribution in [0, 0.1) is 0 Å². The molecule has 5 heteroatoms. The lowest BCUT2D eigenvalue weighted by Crippen LogP contribution is -2.16. The molecule has 2 rings (SSSR count). The molecule has 5 nitrogen and oxygen atoms in total. The molecule has 0 unspecified atom stereocenters.